The Balaban J connectivity index is 2.44. The van der Waals surface area contributed by atoms with Crippen LogP contribution in [0.1, 0.15) is 48.4 Å². The van der Waals surface area contributed by atoms with Crippen molar-refractivity contribution in [1.82, 2.24) is 5.32 Å². The van der Waals surface area contributed by atoms with Gasteiger partial charge in [0.1, 0.15) is 5.56 Å². The second-order valence-corrected chi connectivity index (χ2v) is 8.38. The zero-order chi connectivity index (χ0) is 21.3. The molecule has 2 rings (SSSR count). The minimum absolute atomic E-state index is 0.129. The van der Waals surface area contributed by atoms with Gasteiger partial charge in [0, 0.05) is 6.07 Å². The molecule has 0 aliphatic carbocycles. The average molecular weight is 420 g/mol. The largest absolute Gasteiger partial charge is 0.357 e. The lowest BCUT2D eigenvalue weighted by atomic mass is 10.1. The minimum Gasteiger partial charge on any atom is -0.334 e. The molecule has 0 unspecified atom stereocenters. The first-order chi connectivity index (χ1) is 13.9. The summed E-state index contributed by atoms with van der Waals surface area (Å²) in [6.45, 7) is 4.11. The highest BCUT2D eigenvalue weighted by molar-refractivity contribution is 7.54. The summed E-state index contributed by atoms with van der Waals surface area (Å²) >= 11 is 0. The zero-order valence-corrected chi connectivity index (χ0v) is 17.3. The number of rotatable bonds is 11. The number of nitro groups is 1. The van der Waals surface area contributed by atoms with Crippen molar-refractivity contribution in [1.29, 1.82) is 0 Å². The Morgan fingerprint density at radius 1 is 1.03 bits per heavy atom. The SMILES string of the molecule is CCCOP(=O)(OCCC)[C@H](NC(=O)c1ccccc1[N+](=O)[O-])c1ccccc1. The lowest BCUT2D eigenvalue weighted by molar-refractivity contribution is -0.385. The van der Waals surface area contributed by atoms with Gasteiger partial charge in [-0.3, -0.25) is 19.5 Å². The number of nitrogens with zero attached hydrogens (tertiary/aromatic N) is 1. The van der Waals surface area contributed by atoms with Crippen LogP contribution in [0.5, 0.6) is 0 Å². The molecule has 8 nitrogen and oxygen atoms in total. The van der Waals surface area contributed by atoms with E-state index in [1.54, 1.807) is 30.3 Å². The van der Waals surface area contributed by atoms with Crippen molar-refractivity contribution in [2.45, 2.75) is 32.5 Å². The molecule has 0 heterocycles. The van der Waals surface area contributed by atoms with Crippen LogP contribution in [0.25, 0.3) is 0 Å². The number of benzene rings is 2. The Kier molecular flexibility index (Phi) is 8.51. The average Bonchev–Trinajstić information content (AvgIpc) is 2.75. The Labute approximate surface area is 169 Å². The third-order valence-corrected chi connectivity index (χ3v) is 6.14. The molecule has 1 amide bonds. The van der Waals surface area contributed by atoms with Gasteiger partial charge in [-0.25, -0.2) is 0 Å². The van der Waals surface area contributed by atoms with E-state index in [0.29, 0.717) is 18.4 Å². The summed E-state index contributed by atoms with van der Waals surface area (Å²) < 4.78 is 24.8. The summed E-state index contributed by atoms with van der Waals surface area (Å²) in [5, 5.41) is 13.9. The van der Waals surface area contributed by atoms with E-state index in [1.165, 1.54) is 24.3 Å². The fourth-order valence-electron chi connectivity index (χ4n) is 2.63. The quantitative estimate of drug-likeness (QED) is 0.309. The van der Waals surface area contributed by atoms with Gasteiger partial charge < -0.3 is 14.4 Å². The molecule has 0 fully saturated rings. The van der Waals surface area contributed by atoms with E-state index in [9.17, 15) is 19.5 Å². The number of hydrogen-bond donors (Lipinski definition) is 1. The fourth-order valence-corrected chi connectivity index (χ4v) is 4.69. The maximum Gasteiger partial charge on any atom is 0.357 e. The first-order valence-corrected chi connectivity index (χ1v) is 11.0. The highest BCUT2D eigenvalue weighted by Crippen LogP contribution is 2.60. The fraction of sp³-hybridized carbons (Fsp3) is 0.350. The van der Waals surface area contributed by atoms with E-state index in [4.69, 9.17) is 9.05 Å². The lowest BCUT2D eigenvalue weighted by Crippen LogP contribution is -2.30. The maximum absolute atomic E-state index is 13.6. The van der Waals surface area contributed by atoms with Gasteiger partial charge in [-0.2, -0.15) is 0 Å². The molecule has 0 saturated carbocycles. The normalized spacial score (nSPS) is 12.3. The number of para-hydroxylation sites is 1. The van der Waals surface area contributed by atoms with Crippen LogP contribution in [0, 0.1) is 10.1 Å². The van der Waals surface area contributed by atoms with E-state index in [0.717, 1.165) is 0 Å². The Hall–Kier alpha value is -2.54. The highest BCUT2D eigenvalue weighted by Gasteiger charge is 2.39. The molecular formula is C20H25N2O6P. The standard InChI is InChI=1S/C20H25N2O6P/c1-3-14-27-29(26,28-15-4-2)20(16-10-6-5-7-11-16)21-19(23)17-12-8-9-13-18(17)22(24)25/h5-13,20H,3-4,14-15H2,1-2H3,(H,21,23)/t20-/m0/s1. The third-order valence-electron chi connectivity index (χ3n) is 4.00. The van der Waals surface area contributed by atoms with E-state index >= 15 is 0 Å². The molecule has 0 aliphatic rings. The van der Waals surface area contributed by atoms with Crippen molar-refractivity contribution in [2.24, 2.45) is 0 Å². The molecule has 0 spiro atoms. The van der Waals surface area contributed by atoms with Crippen LogP contribution in [0.4, 0.5) is 5.69 Å². The Morgan fingerprint density at radius 3 is 2.14 bits per heavy atom. The molecule has 2 aromatic carbocycles. The molecule has 0 aliphatic heterocycles. The van der Waals surface area contributed by atoms with Crippen LogP contribution in [-0.4, -0.2) is 24.0 Å². The first-order valence-electron chi connectivity index (χ1n) is 9.41. The smallest absolute Gasteiger partial charge is 0.334 e. The number of carbonyl (C=O) groups is 1. The van der Waals surface area contributed by atoms with Gasteiger partial charge in [0.25, 0.3) is 11.6 Å². The topological polar surface area (TPSA) is 108 Å². The molecule has 9 heteroatoms. The summed E-state index contributed by atoms with van der Waals surface area (Å²) in [7, 11) is -3.80. The van der Waals surface area contributed by atoms with Gasteiger partial charge in [-0.15, -0.1) is 0 Å². The van der Waals surface area contributed by atoms with Crippen LogP contribution in [-0.2, 0) is 13.6 Å². The van der Waals surface area contributed by atoms with Crippen LogP contribution in [0.15, 0.2) is 54.6 Å². The number of amides is 1. The number of carbonyl (C=O) groups excluding carboxylic acids is 1. The van der Waals surface area contributed by atoms with Gasteiger partial charge in [-0.05, 0) is 24.5 Å². The van der Waals surface area contributed by atoms with Gasteiger partial charge >= 0.3 is 7.60 Å². The van der Waals surface area contributed by atoms with E-state index < -0.39 is 24.2 Å². The van der Waals surface area contributed by atoms with E-state index in [-0.39, 0.29) is 24.5 Å². The summed E-state index contributed by atoms with van der Waals surface area (Å²) in [6, 6.07) is 14.3. The van der Waals surface area contributed by atoms with Crippen LogP contribution in [0.2, 0.25) is 0 Å². The molecule has 1 atom stereocenters. The van der Waals surface area contributed by atoms with Gasteiger partial charge in [0.15, 0.2) is 5.78 Å². The monoisotopic (exact) mass is 420 g/mol. The molecule has 0 radical (unpaired) electrons. The maximum atomic E-state index is 13.6. The van der Waals surface area contributed by atoms with Crippen molar-refractivity contribution in [3.05, 3.63) is 75.8 Å². The molecule has 29 heavy (non-hydrogen) atoms. The second kappa shape index (κ2) is 10.9. The van der Waals surface area contributed by atoms with Gasteiger partial charge in [-0.1, -0.05) is 56.3 Å². The molecule has 0 aromatic heterocycles. The van der Waals surface area contributed by atoms with Crippen LogP contribution >= 0.6 is 7.60 Å². The van der Waals surface area contributed by atoms with Crippen molar-refractivity contribution in [2.75, 3.05) is 13.2 Å². The van der Waals surface area contributed by atoms with Crippen LogP contribution in [0.3, 0.4) is 0 Å². The molecular weight excluding hydrogens is 395 g/mol. The molecule has 2 aromatic rings. The Morgan fingerprint density at radius 2 is 1.59 bits per heavy atom. The summed E-state index contributed by atoms with van der Waals surface area (Å²) in [5.41, 5.74) is 0.0570. The number of nitrogens with one attached hydrogen (secondary N) is 1. The molecule has 0 bridgehead atoms. The van der Waals surface area contributed by atoms with Crippen LogP contribution < -0.4 is 5.32 Å². The van der Waals surface area contributed by atoms with E-state index in [2.05, 4.69) is 5.32 Å². The highest BCUT2D eigenvalue weighted by atomic mass is 31.2. The van der Waals surface area contributed by atoms with Crippen molar-refractivity contribution in [3.63, 3.8) is 0 Å². The number of hydrogen-bond acceptors (Lipinski definition) is 6. The van der Waals surface area contributed by atoms with Crippen molar-refractivity contribution < 1.29 is 23.3 Å². The minimum atomic E-state index is -3.80. The summed E-state index contributed by atoms with van der Waals surface area (Å²) in [5.74, 6) is -1.83. The predicted molar refractivity (Wildman–Crippen MR) is 110 cm³/mol. The van der Waals surface area contributed by atoms with Gasteiger partial charge in [0.05, 0.1) is 18.1 Å². The third kappa shape index (κ3) is 5.97. The van der Waals surface area contributed by atoms with Gasteiger partial charge in [0.2, 0.25) is 0 Å². The number of nitro benzene ring substituents is 1. The summed E-state index contributed by atoms with van der Waals surface area (Å²) in [4.78, 5) is 23.6. The molecule has 0 saturated heterocycles. The lowest BCUT2D eigenvalue weighted by Gasteiger charge is -2.28. The van der Waals surface area contributed by atoms with Crippen molar-refractivity contribution >= 4 is 19.2 Å². The molecule has 156 valence electrons. The first kappa shape index (κ1) is 22.7. The summed E-state index contributed by atoms with van der Waals surface area (Å²) in [6.07, 6.45) is 1.22. The van der Waals surface area contributed by atoms with E-state index in [1.807, 2.05) is 13.8 Å². The molecule has 1 N–H and O–H groups in total. The zero-order valence-electron chi connectivity index (χ0n) is 16.4. The second-order valence-electron chi connectivity index (χ2n) is 6.27. The predicted octanol–water partition coefficient (Wildman–Crippen LogP) is 5.07. The Bertz CT molecular complexity index is 862. The van der Waals surface area contributed by atoms with Crippen molar-refractivity contribution in [3.8, 4) is 0 Å².